The van der Waals surface area contributed by atoms with Crippen molar-refractivity contribution >= 4 is 0 Å². The number of hydrogen-bond donors (Lipinski definition) is 1. The molecule has 86 valence electrons. The summed E-state index contributed by atoms with van der Waals surface area (Å²) in [5, 5.41) is 3.96. The van der Waals surface area contributed by atoms with Gasteiger partial charge in [0, 0.05) is 6.42 Å². The van der Waals surface area contributed by atoms with Crippen LogP contribution in [0.2, 0.25) is 0 Å². The lowest BCUT2D eigenvalue weighted by Gasteiger charge is -2.27. The smallest absolute Gasteiger partial charge is 0.226 e. The Bertz CT molecular complexity index is 307. The summed E-state index contributed by atoms with van der Waals surface area (Å²) >= 11 is 0. The van der Waals surface area contributed by atoms with Crippen molar-refractivity contribution in [1.29, 1.82) is 0 Å². The van der Waals surface area contributed by atoms with Gasteiger partial charge in [-0.15, -0.1) is 0 Å². The molecule has 0 aromatic carbocycles. The summed E-state index contributed by atoms with van der Waals surface area (Å²) in [6.07, 6.45) is 2.83. The lowest BCUT2D eigenvalue weighted by molar-refractivity contribution is 0.282. The van der Waals surface area contributed by atoms with E-state index in [1.54, 1.807) is 0 Å². The van der Waals surface area contributed by atoms with Crippen LogP contribution in [0.15, 0.2) is 4.52 Å². The van der Waals surface area contributed by atoms with Crippen LogP contribution in [0.4, 0.5) is 0 Å². The molecule has 0 spiro atoms. The summed E-state index contributed by atoms with van der Waals surface area (Å²) in [7, 11) is 0. The van der Waals surface area contributed by atoms with Crippen molar-refractivity contribution in [2.24, 2.45) is 11.7 Å². The minimum absolute atomic E-state index is 0.338. The van der Waals surface area contributed by atoms with Gasteiger partial charge < -0.3 is 10.3 Å². The molecule has 0 fully saturated rings. The van der Waals surface area contributed by atoms with Crippen LogP contribution in [0.3, 0.4) is 0 Å². The quantitative estimate of drug-likeness (QED) is 0.811. The summed E-state index contributed by atoms with van der Waals surface area (Å²) in [5.41, 5.74) is 5.72. The molecule has 1 aromatic heterocycles. The Balaban J connectivity index is 2.84. The fourth-order valence-corrected chi connectivity index (χ4v) is 1.43. The lowest BCUT2D eigenvalue weighted by Crippen LogP contribution is -2.40. The molecule has 15 heavy (non-hydrogen) atoms. The topological polar surface area (TPSA) is 64.9 Å². The minimum atomic E-state index is -0.496. The van der Waals surface area contributed by atoms with Crippen LogP contribution in [0.1, 0.15) is 52.3 Å². The first-order valence-corrected chi connectivity index (χ1v) is 5.64. The predicted octanol–water partition coefficient (Wildman–Crippen LogP) is 2.24. The number of aryl methyl sites for hydroxylation is 1. The third-order valence-corrected chi connectivity index (χ3v) is 3.05. The third kappa shape index (κ3) is 2.56. The second-order valence-electron chi connectivity index (χ2n) is 4.35. The van der Waals surface area contributed by atoms with E-state index < -0.39 is 5.54 Å². The molecule has 0 aliphatic carbocycles. The van der Waals surface area contributed by atoms with Crippen molar-refractivity contribution in [2.45, 2.75) is 52.5 Å². The van der Waals surface area contributed by atoms with Gasteiger partial charge in [0.25, 0.3) is 0 Å². The molecular formula is C11H21N3O. The molecule has 4 nitrogen and oxygen atoms in total. The van der Waals surface area contributed by atoms with Gasteiger partial charge in [-0.2, -0.15) is 4.98 Å². The molecule has 0 bridgehead atoms. The molecule has 2 N–H and O–H groups in total. The minimum Gasteiger partial charge on any atom is -0.339 e. The average Bonchev–Trinajstić information content (AvgIpc) is 2.66. The van der Waals surface area contributed by atoms with Crippen LogP contribution in [-0.2, 0) is 12.0 Å². The Hall–Kier alpha value is -0.900. The van der Waals surface area contributed by atoms with Gasteiger partial charge in [-0.3, -0.25) is 0 Å². The van der Waals surface area contributed by atoms with Crippen LogP contribution < -0.4 is 5.73 Å². The SMILES string of the molecule is CCCc1nc(C(C)(N)C(C)CC)no1. The Labute approximate surface area is 91.2 Å². The van der Waals surface area contributed by atoms with Gasteiger partial charge in [0.1, 0.15) is 0 Å². The second-order valence-corrected chi connectivity index (χ2v) is 4.35. The van der Waals surface area contributed by atoms with Gasteiger partial charge in [-0.1, -0.05) is 32.3 Å². The molecule has 1 aromatic rings. The largest absolute Gasteiger partial charge is 0.339 e. The van der Waals surface area contributed by atoms with Gasteiger partial charge in [0.2, 0.25) is 5.89 Å². The maximum Gasteiger partial charge on any atom is 0.226 e. The Kier molecular flexibility index (Phi) is 3.85. The van der Waals surface area contributed by atoms with E-state index in [-0.39, 0.29) is 0 Å². The van der Waals surface area contributed by atoms with Crippen molar-refractivity contribution in [3.05, 3.63) is 11.7 Å². The fourth-order valence-electron chi connectivity index (χ4n) is 1.43. The molecule has 0 aliphatic rings. The van der Waals surface area contributed by atoms with Crippen molar-refractivity contribution in [1.82, 2.24) is 10.1 Å². The zero-order chi connectivity index (χ0) is 11.5. The standard InChI is InChI=1S/C11H21N3O/c1-5-7-9-13-10(14-15-9)11(4,12)8(3)6-2/h8H,5-7,12H2,1-4H3. The Morgan fingerprint density at radius 1 is 1.47 bits per heavy atom. The van der Waals surface area contributed by atoms with Crippen LogP contribution in [0.25, 0.3) is 0 Å². The Morgan fingerprint density at radius 2 is 2.13 bits per heavy atom. The van der Waals surface area contributed by atoms with Crippen molar-refractivity contribution in [3.63, 3.8) is 0 Å². The van der Waals surface area contributed by atoms with E-state index in [0.717, 1.165) is 19.3 Å². The molecule has 2 unspecified atom stereocenters. The highest BCUT2D eigenvalue weighted by Gasteiger charge is 2.32. The maximum atomic E-state index is 6.22. The van der Waals surface area contributed by atoms with Crippen LogP contribution in [0.5, 0.6) is 0 Å². The van der Waals surface area contributed by atoms with Crippen LogP contribution in [0, 0.1) is 5.92 Å². The van der Waals surface area contributed by atoms with Crippen molar-refractivity contribution in [3.8, 4) is 0 Å². The van der Waals surface area contributed by atoms with Gasteiger partial charge >= 0.3 is 0 Å². The van der Waals surface area contributed by atoms with E-state index in [2.05, 4.69) is 30.9 Å². The zero-order valence-corrected chi connectivity index (χ0v) is 10.1. The molecule has 0 radical (unpaired) electrons. The van der Waals surface area contributed by atoms with Gasteiger partial charge in [-0.25, -0.2) is 0 Å². The second kappa shape index (κ2) is 4.75. The van der Waals surface area contributed by atoms with Gasteiger partial charge in [0.05, 0.1) is 5.54 Å². The van der Waals surface area contributed by atoms with E-state index in [9.17, 15) is 0 Å². The molecule has 2 atom stereocenters. The number of nitrogens with two attached hydrogens (primary N) is 1. The van der Waals surface area contributed by atoms with Gasteiger partial charge in [-0.05, 0) is 19.3 Å². The molecule has 0 saturated heterocycles. The lowest BCUT2D eigenvalue weighted by atomic mass is 9.85. The highest BCUT2D eigenvalue weighted by molar-refractivity contribution is 5.03. The summed E-state index contributed by atoms with van der Waals surface area (Å²) in [6.45, 7) is 8.26. The summed E-state index contributed by atoms with van der Waals surface area (Å²) in [5.74, 6) is 1.65. The number of nitrogens with zero attached hydrogens (tertiary/aromatic N) is 2. The predicted molar refractivity (Wildman–Crippen MR) is 59.3 cm³/mol. The fraction of sp³-hybridized carbons (Fsp3) is 0.818. The van der Waals surface area contributed by atoms with Crippen LogP contribution in [-0.4, -0.2) is 10.1 Å². The first-order chi connectivity index (χ1) is 7.02. The number of hydrogen-bond acceptors (Lipinski definition) is 4. The zero-order valence-electron chi connectivity index (χ0n) is 10.1. The molecule has 0 amide bonds. The van der Waals surface area contributed by atoms with E-state index >= 15 is 0 Å². The van der Waals surface area contributed by atoms with E-state index in [0.29, 0.717) is 17.6 Å². The molecule has 1 heterocycles. The molecule has 4 heteroatoms. The molecule has 0 aliphatic heterocycles. The summed E-state index contributed by atoms with van der Waals surface area (Å²) in [4.78, 5) is 4.34. The van der Waals surface area contributed by atoms with Crippen molar-refractivity contribution < 1.29 is 4.52 Å². The first kappa shape index (κ1) is 12.2. The Morgan fingerprint density at radius 3 is 2.67 bits per heavy atom. The van der Waals surface area contributed by atoms with E-state index in [1.807, 2.05) is 6.92 Å². The first-order valence-electron chi connectivity index (χ1n) is 5.64. The third-order valence-electron chi connectivity index (χ3n) is 3.05. The maximum absolute atomic E-state index is 6.22. The van der Waals surface area contributed by atoms with E-state index in [4.69, 9.17) is 10.3 Å². The highest BCUT2D eigenvalue weighted by Crippen LogP contribution is 2.26. The number of aromatic nitrogens is 2. The normalized spacial score (nSPS) is 17.4. The molecule has 1 rings (SSSR count). The summed E-state index contributed by atoms with van der Waals surface area (Å²) in [6, 6.07) is 0. The highest BCUT2D eigenvalue weighted by atomic mass is 16.5. The number of rotatable bonds is 5. The van der Waals surface area contributed by atoms with E-state index in [1.165, 1.54) is 0 Å². The monoisotopic (exact) mass is 211 g/mol. The molecule has 0 saturated carbocycles. The van der Waals surface area contributed by atoms with Crippen molar-refractivity contribution in [2.75, 3.05) is 0 Å². The molecular weight excluding hydrogens is 190 g/mol. The van der Waals surface area contributed by atoms with Crippen LogP contribution >= 0.6 is 0 Å². The van der Waals surface area contributed by atoms with Gasteiger partial charge in [0.15, 0.2) is 5.82 Å². The summed E-state index contributed by atoms with van der Waals surface area (Å²) < 4.78 is 5.14. The average molecular weight is 211 g/mol.